The Labute approximate surface area is 239 Å². The number of rotatable bonds is 8. The van der Waals surface area contributed by atoms with Crippen LogP contribution in [-0.2, 0) is 4.79 Å². The van der Waals surface area contributed by atoms with Crippen LogP contribution >= 0.6 is 11.8 Å². The molecule has 1 fully saturated rings. The highest BCUT2D eigenvalue weighted by Gasteiger charge is 2.28. The number of nitrogens with one attached hydrogen (secondary N) is 1. The van der Waals surface area contributed by atoms with Gasteiger partial charge < -0.3 is 9.88 Å². The first-order chi connectivity index (χ1) is 19.8. The predicted molar refractivity (Wildman–Crippen MR) is 163 cm³/mol. The van der Waals surface area contributed by atoms with Crippen molar-refractivity contribution in [1.29, 1.82) is 0 Å². The minimum atomic E-state index is 0.152. The van der Waals surface area contributed by atoms with Crippen molar-refractivity contribution in [3.63, 3.8) is 0 Å². The topological polar surface area (TPSA) is 52.2 Å². The van der Waals surface area contributed by atoms with E-state index in [4.69, 9.17) is 4.98 Å². The largest absolute Gasteiger partial charge is 0.339 e. The summed E-state index contributed by atoms with van der Waals surface area (Å²) in [6, 6.07) is 41.9. The third kappa shape index (κ3) is 5.88. The summed E-state index contributed by atoms with van der Waals surface area (Å²) in [4.78, 5) is 26.1. The van der Waals surface area contributed by atoms with E-state index < -0.39 is 0 Å². The first-order valence-corrected chi connectivity index (χ1v) is 14.7. The Morgan fingerprint density at radius 2 is 1.20 bits per heavy atom. The molecule has 1 amide bonds. The van der Waals surface area contributed by atoms with Crippen molar-refractivity contribution in [3.05, 3.63) is 132 Å². The molecule has 6 heteroatoms. The number of nitrogens with zero attached hydrogens (tertiary/aromatic N) is 3. The van der Waals surface area contributed by atoms with Crippen LogP contribution in [0, 0.1) is 0 Å². The second-order valence-corrected chi connectivity index (χ2v) is 10.9. The van der Waals surface area contributed by atoms with Crippen molar-refractivity contribution < 1.29 is 4.79 Å². The molecular formula is C34H32N4OS. The van der Waals surface area contributed by atoms with Gasteiger partial charge in [-0.05, 0) is 11.1 Å². The number of aromatic nitrogens is 2. The molecule has 4 aromatic carbocycles. The van der Waals surface area contributed by atoms with Gasteiger partial charge in [0.2, 0.25) is 5.91 Å². The summed E-state index contributed by atoms with van der Waals surface area (Å²) in [5, 5.41) is 0.762. The molecular weight excluding hydrogens is 512 g/mol. The molecule has 0 atom stereocenters. The quantitative estimate of drug-likeness (QED) is 0.219. The number of carbonyl (C=O) groups excluding carboxylic acids is 1. The van der Waals surface area contributed by atoms with Crippen molar-refractivity contribution in [2.24, 2.45) is 0 Å². The van der Waals surface area contributed by atoms with Crippen molar-refractivity contribution in [2.45, 2.75) is 11.2 Å². The van der Waals surface area contributed by atoms with Gasteiger partial charge in [-0.2, -0.15) is 0 Å². The Morgan fingerprint density at radius 3 is 1.75 bits per heavy atom. The second kappa shape index (κ2) is 12.4. The number of benzene rings is 4. The van der Waals surface area contributed by atoms with Gasteiger partial charge in [0.25, 0.3) is 0 Å². The van der Waals surface area contributed by atoms with Crippen LogP contribution in [0.2, 0.25) is 0 Å². The summed E-state index contributed by atoms with van der Waals surface area (Å²) in [6.07, 6.45) is 0. The lowest BCUT2D eigenvalue weighted by Gasteiger charge is -2.39. The average molecular weight is 545 g/mol. The molecule has 0 unspecified atom stereocenters. The summed E-state index contributed by atoms with van der Waals surface area (Å²) in [5.41, 5.74) is 6.58. The van der Waals surface area contributed by atoms with Crippen LogP contribution in [0.1, 0.15) is 17.2 Å². The maximum absolute atomic E-state index is 13.3. The molecule has 0 saturated carbocycles. The molecule has 6 rings (SSSR count). The first-order valence-electron chi connectivity index (χ1n) is 13.7. The fourth-order valence-corrected chi connectivity index (χ4v) is 6.15. The normalized spacial score (nSPS) is 14.0. The van der Waals surface area contributed by atoms with Crippen molar-refractivity contribution in [3.8, 4) is 22.5 Å². The van der Waals surface area contributed by atoms with Gasteiger partial charge in [-0.3, -0.25) is 9.69 Å². The van der Waals surface area contributed by atoms with E-state index in [0.717, 1.165) is 53.9 Å². The number of H-pyrrole nitrogens is 1. The first kappa shape index (κ1) is 26.1. The van der Waals surface area contributed by atoms with Crippen molar-refractivity contribution >= 4 is 17.7 Å². The summed E-state index contributed by atoms with van der Waals surface area (Å²) in [5.74, 6) is 0.510. The standard InChI is InChI=1S/C34H32N4OS/c39-30(25-40-34-35-31(26-13-5-1-6-14-26)32(36-34)27-15-7-2-8-16-27)37-21-23-38(24-22-37)33(28-17-9-3-10-18-28)29-19-11-4-12-20-29/h1-20,33H,21-25H2,(H,35,36). The van der Waals surface area contributed by atoms with Crippen molar-refractivity contribution in [1.82, 2.24) is 19.8 Å². The molecule has 0 aliphatic carbocycles. The number of hydrogen-bond acceptors (Lipinski definition) is 4. The van der Waals surface area contributed by atoms with E-state index in [1.165, 1.54) is 22.9 Å². The number of aromatic amines is 1. The fraction of sp³-hybridized carbons (Fsp3) is 0.176. The van der Waals surface area contributed by atoms with Gasteiger partial charge in [0.1, 0.15) is 0 Å². The predicted octanol–water partition coefficient (Wildman–Crippen LogP) is 6.77. The number of carbonyl (C=O) groups is 1. The van der Waals surface area contributed by atoms with Crippen LogP contribution in [0.3, 0.4) is 0 Å². The zero-order chi connectivity index (χ0) is 27.1. The summed E-state index contributed by atoms with van der Waals surface area (Å²) < 4.78 is 0. The lowest BCUT2D eigenvalue weighted by molar-refractivity contribution is -0.130. The van der Waals surface area contributed by atoms with Crippen LogP contribution in [0.25, 0.3) is 22.5 Å². The van der Waals surface area contributed by atoms with E-state index in [9.17, 15) is 4.79 Å². The van der Waals surface area contributed by atoms with Gasteiger partial charge in [0, 0.05) is 37.3 Å². The third-order valence-corrected chi connectivity index (χ3v) is 8.24. The summed E-state index contributed by atoms with van der Waals surface area (Å²) in [6.45, 7) is 3.11. The maximum atomic E-state index is 13.3. The molecule has 40 heavy (non-hydrogen) atoms. The van der Waals surface area contributed by atoms with Crippen LogP contribution in [-0.4, -0.2) is 57.6 Å². The van der Waals surface area contributed by atoms with E-state index in [2.05, 4.69) is 94.8 Å². The molecule has 5 aromatic rings. The maximum Gasteiger partial charge on any atom is 0.233 e. The lowest BCUT2D eigenvalue weighted by Crippen LogP contribution is -2.50. The van der Waals surface area contributed by atoms with Crippen molar-refractivity contribution in [2.75, 3.05) is 31.9 Å². The molecule has 0 radical (unpaired) electrons. The van der Waals surface area contributed by atoms with Crippen LogP contribution in [0.5, 0.6) is 0 Å². The summed E-state index contributed by atoms with van der Waals surface area (Å²) in [7, 11) is 0. The number of imidazole rings is 1. The minimum Gasteiger partial charge on any atom is -0.339 e. The Hall–Kier alpha value is -4.13. The Morgan fingerprint density at radius 1 is 0.700 bits per heavy atom. The number of amides is 1. The van der Waals surface area contributed by atoms with E-state index >= 15 is 0 Å². The molecule has 0 bridgehead atoms. The van der Waals surface area contributed by atoms with Gasteiger partial charge in [0.05, 0.1) is 23.2 Å². The van der Waals surface area contributed by atoms with Gasteiger partial charge >= 0.3 is 0 Å². The molecule has 200 valence electrons. The number of hydrogen-bond donors (Lipinski definition) is 1. The fourth-order valence-electron chi connectivity index (χ4n) is 5.37. The highest BCUT2D eigenvalue weighted by Crippen LogP contribution is 2.33. The zero-order valence-corrected chi connectivity index (χ0v) is 23.1. The molecule has 5 nitrogen and oxygen atoms in total. The molecule has 1 aliphatic rings. The minimum absolute atomic E-state index is 0.152. The van der Waals surface area contributed by atoms with E-state index in [0.29, 0.717) is 5.75 Å². The summed E-state index contributed by atoms with van der Waals surface area (Å²) >= 11 is 1.48. The molecule has 2 heterocycles. The second-order valence-electron chi connectivity index (χ2n) is 9.93. The molecule has 1 aromatic heterocycles. The molecule has 1 saturated heterocycles. The highest BCUT2D eigenvalue weighted by atomic mass is 32.2. The molecule has 1 N–H and O–H groups in total. The Kier molecular flexibility index (Phi) is 8.07. The van der Waals surface area contributed by atoms with Gasteiger partial charge in [0.15, 0.2) is 5.16 Å². The lowest BCUT2D eigenvalue weighted by atomic mass is 9.96. The van der Waals surface area contributed by atoms with Crippen LogP contribution in [0.4, 0.5) is 0 Å². The van der Waals surface area contributed by atoms with Gasteiger partial charge in [-0.1, -0.05) is 133 Å². The van der Waals surface area contributed by atoms with Gasteiger partial charge in [-0.15, -0.1) is 0 Å². The van der Waals surface area contributed by atoms with Gasteiger partial charge in [-0.25, -0.2) is 4.98 Å². The SMILES string of the molecule is O=C(CSc1nc(-c2ccccc2)c(-c2ccccc2)[nH]1)N1CCN(C(c2ccccc2)c2ccccc2)CC1. The molecule has 0 spiro atoms. The smallest absolute Gasteiger partial charge is 0.233 e. The molecule has 1 aliphatic heterocycles. The Bertz CT molecular complexity index is 1420. The van der Waals surface area contributed by atoms with E-state index in [-0.39, 0.29) is 11.9 Å². The highest BCUT2D eigenvalue weighted by molar-refractivity contribution is 7.99. The van der Waals surface area contributed by atoms with Crippen LogP contribution < -0.4 is 0 Å². The monoisotopic (exact) mass is 544 g/mol. The van der Waals surface area contributed by atoms with E-state index in [1.807, 2.05) is 41.3 Å². The zero-order valence-electron chi connectivity index (χ0n) is 22.3. The number of piperazine rings is 1. The Balaban J connectivity index is 1.12. The average Bonchev–Trinajstić information content (AvgIpc) is 3.47. The third-order valence-electron chi connectivity index (χ3n) is 7.39. The van der Waals surface area contributed by atoms with Crippen LogP contribution in [0.15, 0.2) is 126 Å². The number of thioether (sulfide) groups is 1. The van der Waals surface area contributed by atoms with E-state index in [1.54, 1.807) is 0 Å².